The van der Waals surface area contributed by atoms with Crippen LogP contribution in [0.5, 0.6) is 0 Å². The van der Waals surface area contributed by atoms with Crippen LogP contribution < -0.4 is 0 Å². The molecule has 0 spiro atoms. The molecule has 8 nitrogen and oxygen atoms in total. The molecule has 0 rings (SSSR count). The Morgan fingerprint density at radius 1 is 0.544 bits per heavy atom. The summed E-state index contributed by atoms with van der Waals surface area (Å²) in [6.07, 6.45) is 49.5. The van der Waals surface area contributed by atoms with Crippen molar-refractivity contribution in [1.29, 1.82) is 0 Å². The fourth-order valence-electron chi connectivity index (χ4n) is 6.12. The van der Waals surface area contributed by atoms with E-state index in [9.17, 15) is 19.5 Å². The van der Waals surface area contributed by atoms with E-state index in [4.69, 9.17) is 14.2 Å². The lowest BCUT2D eigenvalue weighted by molar-refractivity contribution is -0.887. The van der Waals surface area contributed by atoms with Gasteiger partial charge in [-0.25, -0.2) is 4.79 Å². The lowest BCUT2D eigenvalue weighted by Gasteiger charge is -2.31. The third-order valence-electron chi connectivity index (χ3n) is 9.59. The molecule has 326 valence electrons. The molecule has 0 aromatic rings. The molecule has 0 amide bonds. The summed E-state index contributed by atoms with van der Waals surface area (Å²) in [6.45, 7) is 4.54. The molecule has 0 heterocycles. The van der Waals surface area contributed by atoms with Gasteiger partial charge in [-0.05, 0) is 77.0 Å². The third-order valence-corrected chi connectivity index (χ3v) is 9.59. The number of quaternary nitrogens is 1. The molecule has 0 aromatic heterocycles. The van der Waals surface area contributed by atoms with Gasteiger partial charge in [0.25, 0.3) is 0 Å². The van der Waals surface area contributed by atoms with Gasteiger partial charge in [0.1, 0.15) is 6.61 Å². The van der Waals surface area contributed by atoms with Crippen LogP contribution in [0.4, 0.5) is 0 Å². The molecular weight excluding hydrogens is 715 g/mol. The molecule has 0 aliphatic rings. The topological polar surface area (TPSA) is 99.1 Å². The lowest BCUT2D eigenvalue weighted by atomic mass is 10.1. The van der Waals surface area contributed by atoms with Crippen molar-refractivity contribution in [3.8, 4) is 0 Å². The number of nitrogens with zero attached hydrogens (tertiary/aromatic N) is 1. The standard InChI is InChI=1S/C49H83NO7/c1-6-8-10-12-14-16-18-20-22-24-26-28-30-32-34-36-38-40-48(52)57-45(43-55-42-41-46(49(53)54)50(3,4)5)44-56-47(51)39-37-35-33-31-29-27-25-23-21-19-17-15-13-11-9-7-2/h9,11,15,17,20-23,26,28,32,34,45-46H,6-8,10,12-14,16,18-19,24-25,27,29-31,33,35-44H2,1-5H3/p+1/b11-9+,17-15+,22-20+,23-21+,28-26+,34-32+. The Bertz CT molecular complexity index is 1160. The van der Waals surface area contributed by atoms with Gasteiger partial charge in [-0.2, -0.15) is 0 Å². The molecule has 0 aromatic carbocycles. The maximum atomic E-state index is 12.7. The summed E-state index contributed by atoms with van der Waals surface area (Å²) in [4.78, 5) is 37.0. The van der Waals surface area contributed by atoms with Crippen LogP contribution in [0.2, 0.25) is 0 Å². The minimum atomic E-state index is -0.887. The second kappa shape index (κ2) is 39.6. The summed E-state index contributed by atoms with van der Waals surface area (Å²) in [6, 6.07) is -0.628. The van der Waals surface area contributed by atoms with E-state index >= 15 is 0 Å². The quantitative estimate of drug-likeness (QED) is 0.0286. The van der Waals surface area contributed by atoms with Crippen molar-refractivity contribution in [3.63, 3.8) is 0 Å². The first-order chi connectivity index (χ1) is 27.6. The summed E-state index contributed by atoms with van der Waals surface area (Å²) >= 11 is 0. The van der Waals surface area contributed by atoms with Gasteiger partial charge in [-0.1, -0.05) is 145 Å². The van der Waals surface area contributed by atoms with E-state index in [-0.39, 0.29) is 42.7 Å². The first-order valence-corrected chi connectivity index (χ1v) is 22.5. The van der Waals surface area contributed by atoms with E-state index in [0.717, 1.165) is 70.6 Å². The molecule has 0 aliphatic carbocycles. The van der Waals surface area contributed by atoms with Gasteiger partial charge in [0.05, 0.1) is 34.4 Å². The smallest absolute Gasteiger partial charge is 0.362 e. The largest absolute Gasteiger partial charge is 0.477 e. The number of allylic oxidation sites excluding steroid dienone is 12. The number of likely N-dealkylation sites (N-methyl/N-ethyl adjacent to an activating group) is 1. The van der Waals surface area contributed by atoms with Crippen molar-refractivity contribution in [2.75, 3.05) is 41.0 Å². The second-order valence-electron chi connectivity index (χ2n) is 15.9. The maximum absolute atomic E-state index is 12.7. The number of carbonyl (C=O) groups is 3. The molecule has 0 aliphatic heterocycles. The third kappa shape index (κ3) is 38.1. The van der Waals surface area contributed by atoms with Gasteiger partial charge in [-0.15, -0.1) is 0 Å². The summed E-state index contributed by atoms with van der Waals surface area (Å²) in [5.74, 6) is -1.56. The highest BCUT2D eigenvalue weighted by molar-refractivity contribution is 5.72. The minimum absolute atomic E-state index is 0.0332. The van der Waals surface area contributed by atoms with E-state index in [1.165, 1.54) is 57.8 Å². The van der Waals surface area contributed by atoms with E-state index < -0.39 is 18.1 Å². The van der Waals surface area contributed by atoms with Crippen LogP contribution in [-0.2, 0) is 28.6 Å². The molecule has 0 fully saturated rings. The van der Waals surface area contributed by atoms with Crippen molar-refractivity contribution < 1.29 is 38.2 Å². The normalized spacial score (nSPS) is 13.6. The highest BCUT2D eigenvalue weighted by Crippen LogP contribution is 2.12. The Morgan fingerprint density at radius 2 is 1.00 bits per heavy atom. The van der Waals surface area contributed by atoms with Crippen molar-refractivity contribution in [2.45, 2.75) is 180 Å². The number of carboxylic acids is 1. The molecule has 0 radical (unpaired) electrons. The highest BCUT2D eigenvalue weighted by Gasteiger charge is 2.31. The first kappa shape index (κ1) is 53.8. The number of rotatable bonds is 39. The zero-order valence-corrected chi connectivity index (χ0v) is 37.0. The Labute approximate surface area is 349 Å². The van der Waals surface area contributed by atoms with Crippen molar-refractivity contribution >= 4 is 17.9 Å². The van der Waals surface area contributed by atoms with Gasteiger partial charge in [0.15, 0.2) is 12.1 Å². The highest BCUT2D eigenvalue weighted by atomic mass is 16.6. The number of unbranched alkanes of at least 4 members (excludes halogenated alkanes) is 13. The van der Waals surface area contributed by atoms with Crippen LogP contribution in [0.15, 0.2) is 72.9 Å². The SMILES string of the molecule is CC/C=C/C/C=C/C/C=C/CCCCCCCCC(=O)OCC(COCCC(C(=O)O)[N+](C)(C)C)OC(=O)CCC/C=C/C/C=C/C/C=C/CCCCCCCC. The van der Waals surface area contributed by atoms with Gasteiger partial charge in [-0.3, -0.25) is 9.59 Å². The molecule has 2 unspecified atom stereocenters. The zero-order chi connectivity index (χ0) is 42.1. The van der Waals surface area contributed by atoms with E-state index in [1.54, 1.807) is 0 Å². The van der Waals surface area contributed by atoms with E-state index in [0.29, 0.717) is 19.3 Å². The summed E-state index contributed by atoms with van der Waals surface area (Å²) in [7, 11) is 5.50. The van der Waals surface area contributed by atoms with Crippen molar-refractivity contribution in [3.05, 3.63) is 72.9 Å². The number of ether oxygens (including phenoxy) is 3. The molecule has 2 atom stereocenters. The van der Waals surface area contributed by atoms with Crippen LogP contribution in [0, 0.1) is 0 Å². The Morgan fingerprint density at radius 3 is 1.51 bits per heavy atom. The van der Waals surface area contributed by atoms with Gasteiger partial charge >= 0.3 is 17.9 Å². The number of esters is 2. The van der Waals surface area contributed by atoms with Crippen molar-refractivity contribution in [2.24, 2.45) is 0 Å². The summed E-state index contributed by atoms with van der Waals surface area (Å²) in [5.41, 5.74) is 0. The first-order valence-electron chi connectivity index (χ1n) is 22.5. The van der Waals surface area contributed by atoms with Gasteiger partial charge < -0.3 is 23.8 Å². The number of carboxylic acid groups (broad SMARTS) is 1. The van der Waals surface area contributed by atoms with Crippen LogP contribution in [0.1, 0.15) is 168 Å². The molecule has 0 saturated carbocycles. The number of hydrogen-bond acceptors (Lipinski definition) is 6. The molecule has 0 saturated heterocycles. The van der Waals surface area contributed by atoms with Crippen molar-refractivity contribution in [1.82, 2.24) is 0 Å². The fourth-order valence-corrected chi connectivity index (χ4v) is 6.12. The molecular formula is C49H84NO7+. The number of hydrogen-bond donors (Lipinski definition) is 1. The summed E-state index contributed by atoms with van der Waals surface area (Å²) in [5, 5.41) is 9.62. The molecule has 8 heteroatoms. The fraction of sp³-hybridized carbons (Fsp3) is 0.694. The molecule has 1 N–H and O–H groups in total. The Kier molecular flexibility index (Phi) is 37.3. The monoisotopic (exact) mass is 799 g/mol. The average Bonchev–Trinajstić information content (AvgIpc) is 3.17. The van der Waals surface area contributed by atoms with Crippen LogP contribution in [0.3, 0.4) is 0 Å². The van der Waals surface area contributed by atoms with E-state index in [1.807, 2.05) is 21.1 Å². The molecule has 0 bridgehead atoms. The van der Waals surface area contributed by atoms with Crippen LogP contribution in [0.25, 0.3) is 0 Å². The van der Waals surface area contributed by atoms with Crippen LogP contribution in [-0.4, -0.2) is 80.6 Å². The zero-order valence-electron chi connectivity index (χ0n) is 37.0. The summed E-state index contributed by atoms with van der Waals surface area (Å²) < 4.78 is 17.2. The maximum Gasteiger partial charge on any atom is 0.362 e. The lowest BCUT2D eigenvalue weighted by Crippen LogP contribution is -2.50. The number of aliphatic carboxylic acids is 1. The predicted molar refractivity (Wildman–Crippen MR) is 238 cm³/mol. The average molecular weight is 799 g/mol. The minimum Gasteiger partial charge on any atom is -0.477 e. The second-order valence-corrected chi connectivity index (χ2v) is 15.9. The predicted octanol–water partition coefficient (Wildman–Crippen LogP) is 12.4. The Balaban J connectivity index is 4.45. The van der Waals surface area contributed by atoms with Gasteiger partial charge in [0.2, 0.25) is 0 Å². The van der Waals surface area contributed by atoms with Crippen LogP contribution >= 0.6 is 0 Å². The van der Waals surface area contributed by atoms with Gasteiger partial charge in [0, 0.05) is 19.3 Å². The number of carbonyl (C=O) groups excluding carboxylic acids is 2. The Hall–Kier alpha value is -3.23. The van der Waals surface area contributed by atoms with E-state index in [2.05, 4.69) is 86.8 Å². The molecule has 57 heavy (non-hydrogen) atoms.